The van der Waals surface area contributed by atoms with Crippen molar-refractivity contribution in [2.75, 3.05) is 33.2 Å². The third-order valence-electron chi connectivity index (χ3n) is 3.72. The third-order valence-corrected chi connectivity index (χ3v) is 3.72. The minimum absolute atomic E-state index is 0.271. The van der Waals surface area contributed by atoms with E-state index in [1.807, 2.05) is 11.9 Å². The summed E-state index contributed by atoms with van der Waals surface area (Å²) in [4.78, 5) is 16.0. The van der Waals surface area contributed by atoms with Crippen molar-refractivity contribution in [3.05, 3.63) is 0 Å². The standard InChI is InChI=1S/C11H21N3O/c1-9-7-14(8-11(15)13(9)2)10-3-5-12-6-4-10/h9-10,12H,3-8H2,1-2H3. The summed E-state index contributed by atoms with van der Waals surface area (Å²) in [6.45, 7) is 5.97. The predicted molar refractivity (Wildman–Crippen MR) is 59.7 cm³/mol. The zero-order valence-corrected chi connectivity index (χ0v) is 9.70. The van der Waals surface area contributed by atoms with Crippen LogP contribution in [0.2, 0.25) is 0 Å². The van der Waals surface area contributed by atoms with Crippen LogP contribution in [0.5, 0.6) is 0 Å². The van der Waals surface area contributed by atoms with Crippen molar-refractivity contribution < 1.29 is 4.79 Å². The maximum absolute atomic E-state index is 11.7. The summed E-state index contributed by atoms with van der Waals surface area (Å²) in [6, 6.07) is 0.979. The fraction of sp³-hybridized carbons (Fsp3) is 0.909. The van der Waals surface area contributed by atoms with Gasteiger partial charge in [0.15, 0.2) is 0 Å². The molecule has 0 radical (unpaired) electrons. The number of piperazine rings is 1. The fourth-order valence-corrected chi connectivity index (χ4v) is 2.51. The number of carbonyl (C=O) groups is 1. The third kappa shape index (κ3) is 2.32. The van der Waals surface area contributed by atoms with Gasteiger partial charge in [-0.15, -0.1) is 0 Å². The molecular formula is C11H21N3O. The minimum Gasteiger partial charge on any atom is -0.341 e. The summed E-state index contributed by atoms with van der Waals surface area (Å²) in [5.41, 5.74) is 0. The van der Waals surface area contributed by atoms with E-state index in [1.165, 1.54) is 12.8 Å². The fourth-order valence-electron chi connectivity index (χ4n) is 2.51. The van der Waals surface area contributed by atoms with E-state index < -0.39 is 0 Å². The Labute approximate surface area is 91.6 Å². The number of piperidine rings is 1. The van der Waals surface area contributed by atoms with Crippen LogP contribution in [-0.2, 0) is 4.79 Å². The first-order chi connectivity index (χ1) is 7.18. The average Bonchev–Trinajstić information content (AvgIpc) is 2.26. The van der Waals surface area contributed by atoms with Crippen LogP contribution >= 0.6 is 0 Å². The Morgan fingerprint density at radius 2 is 2.00 bits per heavy atom. The molecule has 1 atom stereocenters. The molecule has 2 heterocycles. The Morgan fingerprint density at radius 3 is 2.60 bits per heavy atom. The molecule has 4 heteroatoms. The van der Waals surface area contributed by atoms with Crippen LogP contribution in [0.25, 0.3) is 0 Å². The Hall–Kier alpha value is -0.610. The molecule has 0 aromatic heterocycles. The number of rotatable bonds is 1. The van der Waals surface area contributed by atoms with E-state index >= 15 is 0 Å². The number of amides is 1. The first-order valence-electron chi connectivity index (χ1n) is 5.89. The Balaban J connectivity index is 1.95. The lowest BCUT2D eigenvalue weighted by Gasteiger charge is -2.42. The van der Waals surface area contributed by atoms with Gasteiger partial charge in [-0.1, -0.05) is 0 Å². The van der Waals surface area contributed by atoms with Crippen LogP contribution in [0.3, 0.4) is 0 Å². The van der Waals surface area contributed by atoms with Gasteiger partial charge in [-0.25, -0.2) is 0 Å². The summed E-state index contributed by atoms with van der Waals surface area (Å²) in [5, 5.41) is 3.36. The summed E-state index contributed by atoms with van der Waals surface area (Å²) < 4.78 is 0. The Bertz CT molecular complexity index is 238. The Morgan fingerprint density at radius 1 is 1.33 bits per heavy atom. The van der Waals surface area contributed by atoms with Crippen molar-refractivity contribution >= 4 is 5.91 Å². The molecule has 2 fully saturated rings. The smallest absolute Gasteiger partial charge is 0.236 e. The molecule has 86 valence electrons. The van der Waals surface area contributed by atoms with Crippen molar-refractivity contribution in [3.63, 3.8) is 0 Å². The van der Waals surface area contributed by atoms with Gasteiger partial charge >= 0.3 is 0 Å². The maximum Gasteiger partial charge on any atom is 0.236 e. The summed E-state index contributed by atoms with van der Waals surface area (Å²) in [5.74, 6) is 0.271. The molecule has 2 rings (SSSR count). The lowest BCUT2D eigenvalue weighted by Crippen LogP contribution is -2.57. The molecule has 2 aliphatic heterocycles. The molecule has 2 saturated heterocycles. The molecule has 0 spiro atoms. The highest BCUT2D eigenvalue weighted by atomic mass is 16.2. The molecule has 1 amide bonds. The maximum atomic E-state index is 11.7. The SMILES string of the molecule is CC1CN(C2CCNCC2)CC(=O)N1C. The van der Waals surface area contributed by atoms with Crippen molar-refractivity contribution in [2.24, 2.45) is 0 Å². The van der Waals surface area contributed by atoms with Gasteiger partial charge in [0.1, 0.15) is 0 Å². The highest BCUT2D eigenvalue weighted by Gasteiger charge is 2.31. The molecular weight excluding hydrogens is 190 g/mol. The summed E-state index contributed by atoms with van der Waals surface area (Å²) in [7, 11) is 1.91. The average molecular weight is 211 g/mol. The molecule has 0 aliphatic carbocycles. The van der Waals surface area contributed by atoms with Gasteiger partial charge in [0.05, 0.1) is 6.54 Å². The first-order valence-corrected chi connectivity index (χ1v) is 5.89. The zero-order chi connectivity index (χ0) is 10.8. The van der Waals surface area contributed by atoms with Crippen molar-refractivity contribution in [1.82, 2.24) is 15.1 Å². The molecule has 0 saturated carbocycles. The van der Waals surface area contributed by atoms with Gasteiger partial charge in [-0.05, 0) is 32.9 Å². The molecule has 15 heavy (non-hydrogen) atoms. The van der Waals surface area contributed by atoms with Crippen molar-refractivity contribution in [1.29, 1.82) is 0 Å². The van der Waals surface area contributed by atoms with Crippen LogP contribution < -0.4 is 5.32 Å². The number of carbonyl (C=O) groups excluding carboxylic acids is 1. The highest BCUT2D eigenvalue weighted by Crippen LogP contribution is 2.17. The number of hydrogen-bond acceptors (Lipinski definition) is 3. The molecule has 1 N–H and O–H groups in total. The quantitative estimate of drug-likeness (QED) is 0.658. The van der Waals surface area contributed by atoms with E-state index in [1.54, 1.807) is 0 Å². The lowest BCUT2D eigenvalue weighted by molar-refractivity contribution is -0.138. The monoisotopic (exact) mass is 211 g/mol. The molecule has 0 bridgehead atoms. The molecule has 2 aliphatic rings. The van der Waals surface area contributed by atoms with Crippen LogP contribution in [0.15, 0.2) is 0 Å². The second-order valence-corrected chi connectivity index (χ2v) is 4.76. The Kier molecular flexibility index (Phi) is 3.26. The zero-order valence-electron chi connectivity index (χ0n) is 9.70. The number of hydrogen-bond donors (Lipinski definition) is 1. The molecule has 4 nitrogen and oxygen atoms in total. The minimum atomic E-state index is 0.271. The largest absolute Gasteiger partial charge is 0.341 e. The van der Waals surface area contributed by atoms with Gasteiger partial charge in [0, 0.05) is 25.7 Å². The van der Waals surface area contributed by atoms with Crippen LogP contribution in [0.1, 0.15) is 19.8 Å². The molecule has 0 aromatic rings. The van der Waals surface area contributed by atoms with Gasteiger partial charge in [-0.2, -0.15) is 0 Å². The topological polar surface area (TPSA) is 35.6 Å². The number of nitrogens with zero attached hydrogens (tertiary/aromatic N) is 2. The van der Waals surface area contributed by atoms with Gasteiger partial charge in [0.2, 0.25) is 5.91 Å². The van der Waals surface area contributed by atoms with Gasteiger partial charge in [0.25, 0.3) is 0 Å². The van der Waals surface area contributed by atoms with E-state index in [2.05, 4.69) is 17.1 Å². The molecule has 1 unspecified atom stereocenters. The highest BCUT2D eigenvalue weighted by molar-refractivity contribution is 5.79. The van der Waals surface area contributed by atoms with Crippen molar-refractivity contribution in [2.45, 2.75) is 31.8 Å². The van der Waals surface area contributed by atoms with E-state index in [0.717, 1.165) is 19.6 Å². The van der Waals surface area contributed by atoms with E-state index in [4.69, 9.17) is 0 Å². The van der Waals surface area contributed by atoms with Crippen LogP contribution in [0.4, 0.5) is 0 Å². The summed E-state index contributed by atoms with van der Waals surface area (Å²) >= 11 is 0. The van der Waals surface area contributed by atoms with Crippen molar-refractivity contribution in [3.8, 4) is 0 Å². The number of likely N-dealkylation sites (N-methyl/N-ethyl adjacent to an activating group) is 1. The lowest BCUT2D eigenvalue weighted by atomic mass is 10.0. The predicted octanol–water partition coefficient (Wildman–Crippen LogP) is -0.0991. The van der Waals surface area contributed by atoms with Gasteiger partial charge in [-0.3, -0.25) is 9.69 Å². The number of nitrogens with one attached hydrogen (secondary N) is 1. The van der Waals surface area contributed by atoms with E-state index in [0.29, 0.717) is 18.6 Å². The second kappa shape index (κ2) is 4.49. The van der Waals surface area contributed by atoms with Crippen LogP contribution in [-0.4, -0.2) is 61.0 Å². The second-order valence-electron chi connectivity index (χ2n) is 4.76. The summed E-state index contributed by atoms with van der Waals surface area (Å²) in [6.07, 6.45) is 2.37. The first kappa shape index (κ1) is 10.9. The van der Waals surface area contributed by atoms with Crippen LogP contribution in [0, 0.1) is 0 Å². The molecule has 0 aromatic carbocycles. The van der Waals surface area contributed by atoms with E-state index in [9.17, 15) is 4.79 Å². The normalized spacial score (nSPS) is 30.9. The van der Waals surface area contributed by atoms with E-state index in [-0.39, 0.29) is 5.91 Å². The van der Waals surface area contributed by atoms with Gasteiger partial charge < -0.3 is 10.2 Å².